The van der Waals surface area contributed by atoms with Gasteiger partial charge in [-0.2, -0.15) is 0 Å². The smallest absolute Gasteiger partial charge is 0.410 e. The number of rotatable bonds is 7. The molecule has 1 atom stereocenters. The van der Waals surface area contributed by atoms with Crippen molar-refractivity contribution in [3.63, 3.8) is 0 Å². The van der Waals surface area contributed by atoms with E-state index in [1.165, 1.54) is 5.56 Å². The minimum Gasteiger partial charge on any atom is -0.497 e. The highest BCUT2D eigenvalue weighted by Gasteiger charge is 2.40. The van der Waals surface area contributed by atoms with Gasteiger partial charge >= 0.3 is 6.09 Å². The van der Waals surface area contributed by atoms with Crippen molar-refractivity contribution in [2.45, 2.75) is 38.4 Å². The van der Waals surface area contributed by atoms with E-state index in [1.54, 1.807) is 7.11 Å². The SMILES string of the molecule is COc1ccc(Oc2ccc(CN3CCC(N4C(=O)OCC4c4cccc(Cl)c4)CC3)c(C)n2)cc1. The van der Waals surface area contributed by atoms with Gasteiger partial charge in [-0.05, 0) is 67.3 Å². The highest BCUT2D eigenvalue weighted by atomic mass is 35.5. The van der Waals surface area contributed by atoms with Gasteiger partial charge in [0, 0.05) is 42.5 Å². The molecule has 0 bridgehead atoms. The molecular formula is C28H30ClN3O4. The zero-order chi connectivity index (χ0) is 25.1. The first-order valence-corrected chi connectivity index (χ1v) is 12.6. The van der Waals surface area contributed by atoms with Gasteiger partial charge in [0.1, 0.15) is 18.1 Å². The number of ether oxygens (including phenoxy) is 3. The summed E-state index contributed by atoms with van der Waals surface area (Å²) in [6, 6.07) is 19.2. The number of cyclic esters (lactones) is 1. The van der Waals surface area contributed by atoms with Gasteiger partial charge in [0.05, 0.1) is 13.2 Å². The summed E-state index contributed by atoms with van der Waals surface area (Å²) in [5.74, 6) is 2.07. The number of aromatic nitrogens is 1. The van der Waals surface area contributed by atoms with Crippen LogP contribution in [0.25, 0.3) is 0 Å². The summed E-state index contributed by atoms with van der Waals surface area (Å²) in [6.45, 7) is 5.00. The molecule has 0 aliphatic carbocycles. The molecule has 8 heteroatoms. The molecule has 2 aromatic carbocycles. The molecule has 5 rings (SSSR count). The lowest BCUT2D eigenvalue weighted by molar-refractivity contribution is 0.104. The first-order chi connectivity index (χ1) is 17.5. The van der Waals surface area contributed by atoms with Crippen molar-refractivity contribution < 1.29 is 19.0 Å². The molecule has 2 fully saturated rings. The highest BCUT2D eigenvalue weighted by Crippen LogP contribution is 2.34. The Morgan fingerprint density at radius 1 is 1.06 bits per heavy atom. The molecule has 3 aromatic rings. The van der Waals surface area contributed by atoms with E-state index in [4.69, 9.17) is 25.8 Å². The monoisotopic (exact) mass is 507 g/mol. The van der Waals surface area contributed by atoms with Crippen molar-refractivity contribution in [3.8, 4) is 17.4 Å². The first-order valence-electron chi connectivity index (χ1n) is 12.2. The maximum Gasteiger partial charge on any atom is 0.410 e. The number of halogens is 1. The third-order valence-electron chi connectivity index (χ3n) is 6.94. The number of hydrogen-bond acceptors (Lipinski definition) is 6. The van der Waals surface area contributed by atoms with E-state index in [-0.39, 0.29) is 18.2 Å². The predicted octanol–water partition coefficient (Wildman–Crippen LogP) is 6.00. The van der Waals surface area contributed by atoms with Crippen LogP contribution < -0.4 is 9.47 Å². The van der Waals surface area contributed by atoms with E-state index in [0.29, 0.717) is 23.3 Å². The second-order valence-electron chi connectivity index (χ2n) is 9.23. The largest absolute Gasteiger partial charge is 0.497 e. The lowest BCUT2D eigenvalue weighted by Gasteiger charge is -2.38. The van der Waals surface area contributed by atoms with Crippen molar-refractivity contribution in [2.75, 3.05) is 26.8 Å². The molecule has 2 saturated heterocycles. The lowest BCUT2D eigenvalue weighted by Crippen LogP contribution is -2.46. The minimum absolute atomic E-state index is 0.0857. The Labute approximate surface area is 216 Å². The number of nitrogens with zero attached hydrogens (tertiary/aromatic N) is 3. The molecule has 3 heterocycles. The van der Waals surface area contributed by atoms with Gasteiger partial charge < -0.3 is 14.2 Å². The summed E-state index contributed by atoms with van der Waals surface area (Å²) in [5.41, 5.74) is 3.15. The summed E-state index contributed by atoms with van der Waals surface area (Å²) in [4.78, 5) is 21.6. The highest BCUT2D eigenvalue weighted by molar-refractivity contribution is 6.30. The van der Waals surface area contributed by atoms with E-state index >= 15 is 0 Å². The number of likely N-dealkylation sites (tertiary alicyclic amines) is 1. The molecule has 7 nitrogen and oxygen atoms in total. The molecule has 2 aliphatic rings. The summed E-state index contributed by atoms with van der Waals surface area (Å²) < 4.78 is 16.5. The Morgan fingerprint density at radius 2 is 1.81 bits per heavy atom. The average molecular weight is 508 g/mol. The molecule has 0 spiro atoms. The zero-order valence-electron chi connectivity index (χ0n) is 20.5. The molecule has 0 radical (unpaired) electrons. The Bertz CT molecular complexity index is 1210. The van der Waals surface area contributed by atoms with Gasteiger partial charge in [-0.25, -0.2) is 9.78 Å². The van der Waals surface area contributed by atoms with Gasteiger partial charge in [0.15, 0.2) is 0 Å². The Balaban J connectivity index is 1.18. The number of carbonyl (C=O) groups is 1. The molecular weight excluding hydrogens is 478 g/mol. The maximum absolute atomic E-state index is 12.6. The summed E-state index contributed by atoms with van der Waals surface area (Å²) in [5, 5.41) is 0.672. The van der Waals surface area contributed by atoms with Crippen LogP contribution in [0.1, 0.15) is 35.7 Å². The lowest BCUT2D eigenvalue weighted by atomic mass is 9.98. The molecule has 188 valence electrons. The fourth-order valence-electron chi connectivity index (χ4n) is 4.96. The van der Waals surface area contributed by atoms with E-state index in [1.807, 2.05) is 66.4 Å². The zero-order valence-corrected chi connectivity index (χ0v) is 21.3. The predicted molar refractivity (Wildman–Crippen MR) is 138 cm³/mol. The topological polar surface area (TPSA) is 64.1 Å². The van der Waals surface area contributed by atoms with Crippen molar-refractivity contribution >= 4 is 17.7 Å². The molecule has 1 aromatic heterocycles. The maximum atomic E-state index is 12.6. The Kier molecular flexibility index (Phi) is 7.30. The molecule has 0 N–H and O–H groups in total. The number of carbonyl (C=O) groups excluding carboxylic acids is 1. The van der Waals surface area contributed by atoms with Crippen LogP contribution in [0.4, 0.5) is 4.79 Å². The van der Waals surface area contributed by atoms with Crippen LogP contribution >= 0.6 is 11.6 Å². The van der Waals surface area contributed by atoms with Crippen LogP contribution in [-0.4, -0.2) is 53.7 Å². The fraction of sp³-hybridized carbons (Fsp3) is 0.357. The van der Waals surface area contributed by atoms with Crippen LogP contribution in [0, 0.1) is 6.92 Å². The second-order valence-corrected chi connectivity index (χ2v) is 9.67. The molecule has 0 saturated carbocycles. The third-order valence-corrected chi connectivity index (χ3v) is 7.18. The van der Waals surface area contributed by atoms with E-state index in [2.05, 4.69) is 16.0 Å². The van der Waals surface area contributed by atoms with Crippen molar-refractivity contribution in [3.05, 3.63) is 82.5 Å². The summed E-state index contributed by atoms with van der Waals surface area (Å²) >= 11 is 6.19. The molecule has 2 aliphatic heterocycles. The number of benzene rings is 2. The van der Waals surface area contributed by atoms with Gasteiger partial charge in [-0.1, -0.05) is 29.8 Å². The van der Waals surface area contributed by atoms with Crippen molar-refractivity contribution in [2.24, 2.45) is 0 Å². The normalized spacial score (nSPS) is 18.8. The molecule has 36 heavy (non-hydrogen) atoms. The third kappa shape index (κ3) is 5.42. The number of aryl methyl sites for hydroxylation is 1. The standard InChI is InChI=1S/C28H30ClN3O4/c1-19-21(6-11-27(30-19)36-25-9-7-24(34-2)8-10-25)17-31-14-12-23(13-15-31)32-26(18-35-28(32)33)20-4-3-5-22(29)16-20/h3-11,16,23,26H,12-15,17-18H2,1-2H3. The number of amides is 1. The minimum atomic E-state index is -0.231. The number of pyridine rings is 1. The molecule has 1 amide bonds. The van der Waals surface area contributed by atoms with Gasteiger partial charge in [-0.15, -0.1) is 0 Å². The van der Waals surface area contributed by atoms with Crippen LogP contribution in [0.2, 0.25) is 5.02 Å². The van der Waals surface area contributed by atoms with E-state index < -0.39 is 0 Å². The quantitative estimate of drug-likeness (QED) is 0.390. The molecule has 1 unspecified atom stereocenters. The number of hydrogen-bond donors (Lipinski definition) is 0. The summed E-state index contributed by atoms with van der Waals surface area (Å²) in [6.07, 6.45) is 1.57. The first kappa shape index (κ1) is 24.4. The van der Waals surface area contributed by atoms with Crippen LogP contribution in [0.15, 0.2) is 60.7 Å². The van der Waals surface area contributed by atoms with Crippen LogP contribution in [0.3, 0.4) is 0 Å². The van der Waals surface area contributed by atoms with Gasteiger partial charge in [0.2, 0.25) is 5.88 Å². The Hall–Kier alpha value is -3.29. The number of piperidine rings is 1. The van der Waals surface area contributed by atoms with E-state index in [0.717, 1.165) is 49.5 Å². The average Bonchev–Trinajstić information content (AvgIpc) is 3.28. The second kappa shape index (κ2) is 10.8. The van der Waals surface area contributed by atoms with Crippen molar-refractivity contribution in [1.82, 2.24) is 14.8 Å². The van der Waals surface area contributed by atoms with Gasteiger partial charge in [-0.3, -0.25) is 9.80 Å². The van der Waals surface area contributed by atoms with Crippen molar-refractivity contribution in [1.29, 1.82) is 0 Å². The van der Waals surface area contributed by atoms with Gasteiger partial charge in [0.25, 0.3) is 0 Å². The summed E-state index contributed by atoms with van der Waals surface area (Å²) in [7, 11) is 1.64. The van der Waals surface area contributed by atoms with Crippen LogP contribution in [-0.2, 0) is 11.3 Å². The van der Waals surface area contributed by atoms with E-state index in [9.17, 15) is 4.79 Å². The Morgan fingerprint density at radius 3 is 2.50 bits per heavy atom. The fourth-order valence-corrected chi connectivity index (χ4v) is 5.16. The van der Waals surface area contributed by atoms with Crippen LogP contribution in [0.5, 0.6) is 17.4 Å². The number of methoxy groups -OCH3 is 1.